The summed E-state index contributed by atoms with van der Waals surface area (Å²) < 4.78 is 32.9. The molecule has 1 aromatic carbocycles. The average Bonchev–Trinajstić information content (AvgIpc) is 2.46. The van der Waals surface area contributed by atoms with Gasteiger partial charge in [-0.3, -0.25) is 0 Å². The Labute approximate surface area is 126 Å². The van der Waals surface area contributed by atoms with E-state index in [1.807, 2.05) is 13.0 Å². The molecule has 21 heavy (non-hydrogen) atoms. The van der Waals surface area contributed by atoms with Gasteiger partial charge in [-0.15, -0.1) is 0 Å². The van der Waals surface area contributed by atoms with Crippen molar-refractivity contribution in [3.63, 3.8) is 0 Å². The maximum Gasteiger partial charge on any atom is 0.240 e. The van der Waals surface area contributed by atoms with Gasteiger partial charge in [-0.2, -0.15) is 0 Å². The van der Waals surface area contributed by atoms with Crippen LogP contribution in [-0.4, -0.2) is 28.2 Å². The standard InChI is InChI=1S/C15H24N2O3S/c1-12(16)13-4-3-5-14(10-13)21(18,19)17-11-15(2)6-8-20-9-7-15/h3-5,10,12,17H,6-9,11,16H2,1-2H3. The van der Waals surface area contributed by atoms with Gasteiger partial charge in [0, 0.05) is 25.8 Å². The van der Waals surface area contributed by atoms with Crippen LogP contribution in [0.25, 0.3) is 0 Å². The van der Waals surface area contributed by atoms with E-state index in [2.05, 4.69) is 11.6 Å². The summed E-state index contributed by atoms with van der Waals surface area (Å²) in [4.78, 5) is 0.271. The third-order valence-corrected chi connectivity index (χ3v) is 5.48. The van der Waals surface area contributed by atoms with E-state index in [1.54, 1.807) is 18.2 Å². The van der Waals surface area contributed by atoms with Crippen molar-refractivity contribution in [3.8, 4) is 0 Å². The SMILES string of the molecule is CC(N)c1cccc(S(=O)(=O)NCC2(C)CCOCC2)c1. The first-order chi connectivity index (χ1) is 9.82. The molecule has 1 heterocycles. The van der Waals surface area contributed by atoms with E-state index in [4.69, 9.17) is 10.5 Å². The van der Waals surface area contributed by atoms with Crippen molar-refractivity contribution in [1.82, 2.24) is 4.72 Å². The zero-order valence-corrected chi connectivity index (χ0v) is 13.4. The molecule has 1 atom stereocenters. The van der Waals surface area contributed by atoms with Crippen LogP contribution in [0.5, 0.6) is 0 Å². The quantitative estimate of drug-likeness (QED) is 0.868. The van der Waals surface area contributed by atoms with Gasteiger partial charge in [-0.05, 0) is 42.9 Å². The molecule has 0 aliphatic carbocycles. The van der Waals surface area contributed by atoms with E-state index in [-0.39, 0.29) is 16.4 Å². The maximum absolute atomic E-state index is 12.4. The summed E-state index contributed by atoms with van der Waals surface area (Å²) in [7, 11) is -3.50. The average molecular weight is 312 g/mol. The van der Waals surface area contributed by atoms with Crippen molar-refractivity contribution in [3.05, 3.63) is 29.8 Å². The monoisotopic (exact) mass is 312 g/mol. The lowest BCUT2D eigenvalue weighted by molar-refractivity contribution is 0.0265. The Kier molecular flexibility index (Phi) is 5.03. The van der Waals surface area contributed by atoms with Gasteiger partial charge in [-0.1, -0.05) is 19.1 Å². The molecule has 1 aliphatic heterocycles. The first kappa shape index (κ1) is 16.4. The number of ether oxygens (including phenoxy) is 1. The highest BCUT2D eigenvalue weighted by Gasteiger charge is 2.29. The van der Waals surface area contributed by atoms with Crippen LogP contribution >= 0.6 is 0 Å². The summed E-state index contributed by atoms with van der Waals surface area (Å²) in [6.07, 6.45) is 1.74. The zero-order chi connectivity index (χ0) is 15.5. The van der Waals surface area contributed by atoms with Gasteiger partial charge < -0.3 is 10.5 Å². The molecule has 0 bridgehead atoms. The van der Waals surface area contributed by atoms with Gasteiger partial charge in [-0.25, -0.2) is 13.1 Å². The smallest absolute Gasteiger partial charge is 0.240 e. The van der Waals surface area contributed by atoms with Crippen LogP contribution in [0.1, 0.15) is 38.3 Å². The van der Waals surface area contributed by atoms with Gasteiger partial charge in [0.1, 0.15) is 0 Å². The molecule has 1 aromatic rings. The van der Waals surface area contributed by atoms with Crippen LogP contribution in [0.15, 0.2) is 29.2 Å². The minimum atomic E-state index is -3.50. The Hall–Kier alpha value is -0.950. The predicted octanol–water partition coefficient (Wildman–Crippen LogP) is 1.80. The third kappa shape index (κ3) is 4.26. The molecule has 118 valence electrons. The molecule has 1 unspecified atom stereocenters. The van der Waals surface area contributed by atoms with Crippen LogP contribution in [0, 0.1) is 5.41 Å². The second kappa shape index (κ2) is 6.44. The number of hydrogen-bond donors (Lipinski definition) is 2. The molecule has 2 rings (SSSR count). The molecule has 5 nitrogen and oxygen atoms in total. The lowest BCUT2D eigenvalue weighted by Gasteiger charge is -2.33. The van der Waals surface area contributed by atoms with E-state index in [0.29, 0.717) is 19.8 Å². The van der Waals surface area contributed by atoms with Gasteiger partial charge in [0.2, 0.25) is 10.0 Å². The van der Waals surface area contributed by atoms with Crippen molar-refractivity contribution >= 4 is 10.0 Å². The number of nitrogens with two attached hydrogens (primary N) is 1. The van der Waals surface area contributed by atoms with Crippen LogP contribution < -0.4 is 10.5 Å². The summed E-state index contributed by atoms with van der Waals surface area (Å²) in [6, 6.07) is 6.61. The molecule has 0 radical (unpaired) electrons. The molecule has 0 aromatic heterocycles. The number of benzene rings is 1. The van der Waals surface area contributed by atoms with E-state index < -0.39 is 10.0 Å². The zero-order valence-electron chi connectivity index (χ0n) is 12.6. The van der Waals surface area contributed by atoms with Gasteiger partial charge >= 0.3 is 0 Å². The molecule has 3 N–H and O–H groups in total. The number of rotatable bonds is 5. The predicted molar refractivity (Wildman–Crippen MR) is 82.4 cm³/mol. The summed E-state index contributed by atoms with van der Waals surface area (Å²) in [5.41, 5.74) is 6.59. The van der Waals surface area contributed by atoms with E-state index in [0.717, 1.165) is 18.4 Å². The molecular weight excluding hydrogens is 288 g/mol. The highest BCUT2D eigenvalue weighted by atomic mass is 32.2. The van der Waals surface area contributed by atoms with Gasteiger partial charge in [0.25, 0.3) is 0 Å². The molecular formula is C15H24N2O3S. The van der Waals surface area contributed by atoms with Gasteiger partial charge in [0.15, 0.2) is 0 Å². The fraction of sp³-hybridized carbons (Fsp3) is 0.600. The van der Waals surface area contributed by atoms with Crippen LogP contribution in [-0.2, 0) is 14.8 Å². The first-order valence-corrected chi connectivity index (χ1v) is 8.74. The van der Waals surface area contributed by atoms with E-state index >= 15 is 0 Å². The molecule has 1 aliphatic rings. The first-order valence-electron chi connectivity index (χ1n) is 7.25. The van der Waals surface area contributed by atoms with Crippen molar-refractivity contribution in [2.75, 3.05) is 19.8 Å². The maximum atomic E-state index is 12.4. The lowest BCUT2D eigenvalue weighted by atomic mass is 9.83. The van der Waals surface area contributed by atoms with E-state index in [9.17, 15) is 8.42 Å². The van der Waals surface area contributed by atoms with Crippen LogP contribution in [0.3, 0.4) is 0 Å². The van der Waals surface area contributed by atoms with Crippen molar-refractivity contribution < 1.29 is 13.2 Å². The summed E-state index contributed by atoms with van der Waals surface area (Å²) in [5, 5.41) is 0. The fourth-order valence-electron chi connectivity index (χ4n) is 2.36. The summed E-state index contributed by atoms with van der Waals surface area (Å²) in [5.74, 6) is 0. The Morgan fingerprint density at radius 3 is 2.67 bits per heavy atom. The molecule has 0 spiro atoms. The molecule has 0 amide bonds. The number of hydrogen-bond acceptors (Lipinski definition) is 4. The highest BCUT2D eigenvalue weighted by molar-refractivity contribution is 7.89. The van der Waals surface area contributed by atoms with Crippen LogP contribution in [0.2, 0.25) is 0 Å². The molecule has 1 saturated heterocycles. The summed E-state index contributed by atoms with van der Waals surface area (Å²) in [6.45, 7) is 5.75. The van der Waals surface area contributed by atoms with Crippen molar-refractivity contribution in [2.45, 2.75) is 37.6 Å². The lowest BCUT2D eigenvalue weighted by Crippen LogP contribution is -2.39. The Bertz CT molecular complexity index is 578. The number of nitrogens with one attached hydrogen (secondary N) is 1. The Morgan fingerprint density at radius 2 is 2.05 bits per heavy atom. The van der Waals surface area contributed by atoms with Crippen molar-refractivity contribution in [1.29, 1.82) is 0 Å². The number of sulfonamides is 1. The Morgan fingerprint density at radius 1 is 1.38 bits per heavy atom. The topological polar surface area (TPSA) is 81.4 Å². The Balaban J connectivity index is 2.09. The second-order valence-electron chi connectivity index (χ2n) is 6.11. The van der Waals surface area contributed by atoms with Gasteiger partial charge in [0.05, 0.1) is 4.90 Å². The third-order valence-electron chi connectivity index (χ3n) is 4.08. The minimum Gasteiger partial charge on any atom is -0.381 e. The van der Waals surface area contributed by atoms with Crippen molar-refractivity contribution in [2.24, 2.45) is 11.1 Å². The second-order valence-corrected chi connectivity index (χ2v) is 7.88. The molecule has 6 heteroatoms. The molecule has 0 saturated carbocycles. The minimum absolute atomic E-state index is 0.0376. The highest BCUT2D eigenvalue weighted by Crippen LogP contribution is 2.29. The largest absolute Gasteiger partial charge is 0.381 e. The summed E-state index contributed by atoms with van der Waals surface area (Å²) >= 11 is 0. The van der Waals surface area contributed by atoms with Crippen LogP contribution in [0.4, 0.5) is 0 Å². The fourth-order valence-corrected chi connectivity index (χ4v) is 3.61. The molecule has 1 fully saturated rings. The van der Waals surface area contributed by atoms with E-state index in [1.165, 1.54) is 0 Å². The normalized spacial score (nSPS) is 20.1.